The molecule has 1 N–H and O–H groups in total. The molecule has 0 aromatic heterocycles. The Morgan fingerprint density at radius 3 is 2.50 bits per heavy atom. The number of benzene rings is 1. The summed E-state index contributed by atoms with van der Waals surface area (Å²) in [7, 11) is 2.06. The molecule has 1 aliphatic rings. The minimum absolute atomic E-state index is 0.170. The second-order valence-electron chi connectivity index (χ2n) is 3.83. The fraction of sp³-hybridized carbons (Fsp3) is 0.455. The summed E-state index contributed by atoms with van der Waals surface area (Å²) >= 11 is 3.41. The van der Waals surface area contributed by atoms with Crippen LogP contribution in [-0.2, 0) is 0 Å². The van der Waals surface area contributed by atoms with Gasteiger partial charge in [0.05, 0.1) is 12.1 Å². The Morgan fingerprint density at radius 2 is 2.00 bits per heavy atom. The summed E-state index contributed by atoms with van der Waals surface area (Å²) in [5.41, 5.74) is 1.20. The number of aliphatic hydroxyl groups excluding tert-OH is 1. The van der Waals surface area contributed by atoms with Gasteiger partial charge in [-0.1, -0.05) is 28.1 Å². The summed E-state index contributed by atoms with van der Waals surface area (Å²) < 4.78 is 1.08. The number of hydrogen-bond donors (Lipinski definition) is 1. The van der Waals surface area contributed by atoms with Crippen LogP contribution in [0, 0.1) is 0 Å². The highest BCUT2D eigenvalue weighted by atomic mass is 79.9. The first-order chi connectivity index (χ1) is 6.68. The van der Waals surface area contributed by atoms with Crippen molar-refractivity contribution in [3.63, 3.8) is 0 Å². The third kappa shape index (κ3) is 1.85. The molecule has 2 unspecified atom stereocenters. The van der Waals surface area contributed by atoms with E-state index in [0.29, 0.717) is 0 Å². The van der Waals surface area contributed by atoms with Crippen LogP contribution < -0.4 is 0 Å². The lowest BCUT2D eigenvalue weighted by molar-refractivity contribution is 0.127. The third-order valence-corrected chi connectivity index (χ3v) is 3.36. The highest BCUT2D eigenvalue weighted by molar-refractivity contribution is 9.10. The molecule has 3 heteroatoms. The molecule has 1 aromatic rings. The molecule has 1 fully saturated rings. The predicted molar refractivity (Wildman–Crippen MR) is 60.1 cm³/mol. The average molecular weight is 256 g/mol. The second-order valence-corrected chi connectivity index (χ2v) is 4.75. The van der Waals surface area contributed by atoms with Gasteiger partial charge in [0.15, 0.2) is 0 Å². The number of rotatable bonds is 1. The zero-order valence-electron chi connectivity index (χ0n) is 8.15. The first-order valence-electron chi connectivity index (χ1n) is 4.82. The van der Waals surface area contributed by atoms with Gasteiger partial charge in [-0.25, -0.2) is 0 Å². The largest absolute Gasteiger partial charge is 0.391 e. The minimum Gasteiger partial charge on any atom is -0.391 e. The van der Waals surface area contributed by atoms with E-state index >= 15 is 0 Å². The number of hydrogen-bond acceptors (Lipinski definition) is 2. The van der Waals surface area contributed by atoms with E-state index in [-0.39, 0.29) is 12.1 Å². The molecular weight excluding hydrogens is 242 g/mol. The Morgan fingerprint density at radius 1 is 1.36 bits per heavy atom. The van der Waals surface area contributed by atoms with E-state index in [1.54, 1.807) is 0 Å². The molecule has 0 aliphatic carbocycles. The van der Waals surface area contributed by atoms with Crippen LogP contribution in [0.15, 0.2) is 28.7 Å². The second kappa shape index (κ2) is 4.01. The average Bonchev–Trinajstić information content (AvgIpc) is 2.49. The van der Waals surface area contributed by atoms with E-state index < -0.39 is 0 Å². The number of nitrogens with zero attached hydrogens (tertiary/aromatic N) is 1. The highest BCUT2D eigenvalue weighted by Gasteiger charge is 2.31. The van der Waals surface area contributed by atoms with Crippen molar-refractivity contribution in [1.29, 1.82) is 0 Å². The van der Waals surface area contributed by atoms with Crippen molar-refractivity contribution in [2.75, 3.05) is 13.6 Å². The number of aliphatic hydroxyl groups is 1. The van der Waals surface area contributed by atoms with Crippen LogP contribution in [0.5, 0.6) is 0 Å². The van der Waals surface area contributed by atoms with E-state index in [9.17, 15) is 5.11 Å². The van der Waals surface area contributed by atoms with Gasteiger partial charge in [-0.2, -0.15) is 0 Å². The number of likely N-dealkylation sites (N-methyl/N-ethyl adjacent to an activating group) is 1. The first kappa shape index (κ1) is 10.1. The summed E-state index contributed by atoms with van der Waals surface area (Å²) in [6.07, 6.45) is 0.651. The van der Waals surface area contributed by atoms with Crippen LogP contribution in [0.1, 0.15) is 18.0 Å². The molecule has 0 spiro atoms. The summed E-state index contributed by atoms with van der Waals surface area (Å²) in [6, 6.07) is 8.35. The van der Waals surface area contributed by atoms with Crippen molar-refractivity contribution in [2.45, 2.75) is 18.6 Å². The lowest BCUT2D eigenvalue weighted by Crippen LogP contribution is -2.23. The Labute approximate surface area is 92.7 Å². The molecule has 2 rings (SSSR count). The topological polar surface area (TPSA) is 23.5 Å². The molecule has 2 nitrogen and oxygen atoms in total. The van der Waals surface area contributed by atoms with Crippen LogP contribution >= 0.6 is 15.9 Å². The fourth-order valence-corrected chi connectivity index (χ4v) is 2.33. The summed E-state index contributed by atoms with van der Waals surface area (Å²) in [6.45, 7) is 0.974. The van der Waals surface area contributed by atoms with E-state index in [0.717, 1.165) is 17.4 Å². The minimum atomic E-state index is -0.221. The van der Waals surface area contributed by atoms with Gasteiger partial charge in [0.2, 0.25) is 0 Å². The standard InChI is InChI=1S/C11H14BrNO/c1-13-7-6-10(14)11(13)8-2-4-9(12)5-3-8/h2-5,10-11,14H,6-7H2,1H3. The van der Waals surface area contributed by atoms with Crippen LogP contribution in [0.4, 0.5) is 0 Å². The van der Waals surface area contributed by atoms with Crippen molar-refractivity contribution >= 4 is 15.9 Å². The lowest BCUT2D eigenvalue weighted by atomic mass is 10.0. The summed E-state index contributed by atoms with van der Waals surface area (Å²) in [5, 5.41) is 9.83. The molecule has 76 valence electrons. The van der Waals surface area contributed by atoms with Gasteiger partial charge in [-0.3, -0.25) is 4.90 Å². The molecule has 1 saturated heterocycles. The van der Waals surface area contributed by atoms with Crippen molar-refractivity contribution in [1.82, 2.24) is 4.90 Å². The molecular formula is C11H14BrNO. The van der Waals surface area contributed by atoms with Crippen molar-refractivity contribution in [2.24, 2.45) is 0 Å². The maximum absolute atomic E-state index is 9.83. The zero-order valence-corrected chi connectivity index (χ0v) is 9.74. The van der Waals surface area contributed by atoms with Crippen LogP contribution in [0.3, 0.4) is 0 Å². The van der Waals surface area contributed by atoms with Gasteiger partial charge >= 0.3 is 0 Å². The zero-order chi connectivity index (χ0) is 10.1. The molecule has 0 saturated carbocycles. The van der Waals surface area contributed by atoms with Crippen LogP contribution in [0.2, 0.25) is 0 Å². The van der Waals surface area contributed by atoms with E-state index in [1.807, 2.05) is 12.1 Å². The van der Waals surface area contributed by atoms with Gasteiger partial charge < -0.3 is 5.11 Å². The Balaban J connectivity index is 2.25. The Bertz CT molecular complexity index is 302. The van der Waals surface area contributed by atoms with Crippen molar-refractivity contribution in [3.05, 3.63) is 34.3 Å². The Hall–Kier alpha value is -0.380. The normalized spacial score (nSPS) is 28.2. The molecule has 0 amide bonds. The smallest absolute Gasteiger partial charge is 0.0749 e. The maximum atomic E-state index is 9.83. The van der Waals surface area contributed by atoms with Gasteiger partial charge in [0, 0.05) is 11.0 Å². The molecule has 1 aromatic carbocycles. The molecule has 0 radical (unpaired) electrons. The molecule has 1 heterocycles. The summed E-state index contributed by atoms with van der Waals surface area (Å²) in [4.78, 5) is 2.20. The molecule has 1 aliphatic heterocycles. The third-order valence-electron chi connectivity index (χ3n) is 2.83. The van der Waals surface area contributed by atoms with Crippen molar-refractivity contribution < 1.29 is 5.11 Å². The van der Waals surface area contributed by atoms with Crippen LogP contribution in [-0.4, -0.2) is 29.7 Å². The summed E-state index contributed by atoms with van der Waals surface area (Å²) in [5.74, 6) is 0. The molecule has 0 bridgehead atoms. The van der Waals surface area contributed by atoms with Gasteiger partial charge in [0.25, 0.3) is 0 Å². The molecule has 2 atom stereocenters. The van der Waals surface area contributed by atoms with Gasteiger partial charge in [-0.15, -0.1) is 0 Å². The SMILES string of the molecule is CN1CCC(O)C1c1ccc(Br)cc1. The lowest BCUT2D eigenvalue weighted by Gasteiger charge is -2.22. The monoisotopic (exact) mass is 255 g/mol. The number of likely N-dealkylation sites (tertiary alicyclic amines) is 1. The van der Waals surface area contributed by atoms with Gasteiger partial charge in [-0.05, 0) is 31.2 Å². The van der Waals surface area contributed by atoms with Crippen molar-refractivity contribution in [3.8, 4) is 0 Å². The number of halogens is 1. The van der Waals surface area contributed by atoms with E-state index in [1.165, 1.54) is 5.56 Å². The van der Waals surface area contributed by atoms with Crippen LogP contribution in [0.25, 0.3) is 0 Å². The highest BCUT2D eigenvalue weighted by Crippen LogP contribution is 2.31. The van der Waals surface area contributed by atoms with E-state index in [4.69, 9.17) is 0 Å². The maximum Gasteiger partial charge on any atom is 0.0749 e. The molecule has 14 heavy (non-hydrogen) atoms. The van der Waals surface area contributed by atoms with Gasteiger partial charge in [0.1, 0.15) is 0 Å². The quantitative estimate of drug-likeness (QED) is 0.832. The first-order valence-corrected chi connectivity index (χ1v) is 5.61. The Kier molecular flexibility index (Phi) is 2.91. The van der Waals surface area contributed by atoms with E-state index in [2.05, 4.69) is 40.0 Å². The predicted octanol–water partition coefficient (Wildman–Crippen LogP) is 2.19. The fourth-order valence-electron chi connectivity index (χ4n) is 2.06.